The molecule has 3 aliphatic rings. The predicted molar refractivity (Wildman–Crippen MR) is 292 cm³/mol. The quantitative estimate of drug-likeness (QED) is 0.174. The Morgan fingerprint density at radius 3 is 1.57 bits per heavy atom. The highest BCUT2D eigenvalue weighted by atomic mass is 32.1. The number of benzene rings is 11. The van der Waals surface area contributed by atoms with Crippen molar-refractivity contribution in [3.05, 3.63) is 271 Å². The van der Waals surface area contributed by atoms with Crippen LogP contribution >= 0.6 is 11.3 Å². The second-order valence-corrected chi connectivity index (χ2v) is 19.7. The van der Waals surface area contributed by atoms with Gasteiger partial charge >= 0.3 is 0 Å². The van der Waals surface area contributed by atoms with E-state index in [4.69, 9.17) is 4.74 Å². The zero-order valence-corrected chi connectivity index (χ0v) is 38.8. The molecule has 2 heterocycles. The minimum atomic E-state index is -0.608. The van der Waals surface area contributed by atoms with Crippen molar-refractivity contribution >= 4 is 48.6 Å². The summed E-state index contributed by atoms with van der Waals surface area (Å²) in [5.41, 5.74) is 22.2. The number of para-hydroxylation sites is 2. The van der Waals surface area contributed by atoms with Crippen LogP contribution in [0.15, 0.2) is 249 Å². The van der Waals surface area contributed by atoms with Crippen molar-refractivity contribution in [3.8, 4) is 78.3 Å². The third-order valence-corrected chi connectivity index (χ3v) is 16.3. The van der Waals surface area contributed by atoms with Crippen LogP contribution in [-0.2, 0) is 5.41 Å². The number of ether oxygens (including phenoxy) is 1. The molecule has 1 atom stereocenters. The van der Waals surface area contributed by atoms with E-state index in [1.54, 1.807) is 0 Å². The van der Waals surface area contributed by atoms with E-state index in [0.717, 1.165) is 50.8 Å². The molecule has 1 unspecified atom stereocenters. The third kappa shape index (κ3) is 5.55. The Balaban J connectivity index is 1.01. The van der Waals surface area contributed by atoms with Crippen molar-refractivity contribution in [3.63, 3.8) is 0 Å². The van der Waals surface area contributed by atoms with Gasteiger partial charge in [-0.05, 0) is 127 Å². The lowest BCUT2D eigenvalue weighted by molar-refractivity contribution is 0.488. The highest BCUT2D eigenvalue weighted by Gasteiger charge is 2.50. The molecule has 70 heavy (non-hydrogen) atoms. The lowest BCUT2D eigenvalue weighted by atomic mass is 9.66. The van der Waals surface area contributed by atoms with Gasteiger partial charge in [-0.1, -0.05) is 194 Å². The Kier molecular flexibility index (Phi) is 8.48. The summed E-state index contributed by atoms with van der Waals surface area (Å²) in [6.07, 6.45) is 0. The molecule has 1 aliphatic heterocycles. The topological polar surface area (TPSA) is 12.5 Å². The number of fused-ring (bicyclic) bond motifs is 21. The van der Waals surface area contributed by atoms with Crippen molar-refractivity contribution < 1.29 is 4.74 Å². The van der Waals surface area contributed by atoms with Crippen molar-refractivity contribution in [1.29, 1.82) is 0 Å². The summed E-state index contributed by atoms with van der Waals surface area (Å²) >= 11 is 1.92. The third-order valence-electron chi connectivity index (χ3n) is 15.1. The van der Waals surface area contributed by atoms with Crippen LogP contribution in [0.1, 0.15) is 22.3 Å². The summed E-state index contributed by atoms with van der Waals surface area (Å²) < 4.78 is 9.33. The summed E-state index contributed by atoms with van der Waals surface area (Å²) in [6, 6.07) is 92.0. The van der Waals surface area contributed by atoms with E-state index in [1.807, 2.05) is 17.4 Å². The van der Waals surface area contributed by atoms with Gasteiger partial charge in [0.2, 0.25) is 0 Å². The van der Waals surface area contributed by atoms with E-state index >= 15 is 0 Å². The molecule has 0 saturated carbocycles. The summed E-state index contributed by atoms with van der Waals surface area (Å²) in [4.78, 5) is 2.44. The first-order valence-corrected chi connectivity index (χ1v) is 24.9. The largest absolute Gasteiger partial charge is 0.456 e. The van der Waals surface area contributed by atoms with Crippen molar-refractivity contribution in [2.24, 2.45) is 0 Å². The monoisotopic (exact) mass is 907 g/mol. The lowest BCUT2D eigenvalue weighted by Gasteiger charge is -2.36. The van der Waals surface area contributed by atoms with Gasteiger partial charge in [0.25, 0.3) is 0 Å². The average molecular weight is 908 g/mol. The summed E-state index contributed by atoms with van der Waals surface area (Å²) in [6.45, 7) is 0. The van der Waals surface area contributed by atoms with E-state index in [-0.39, 0.29) is 0 Å². The van der Waals surface area contributed by atoms with Crippen LogP contribution in [0.5, 0.6) is 11.5 Å². The van der Waals surface area contributed by atoms with Gasteiger partial charge in [-0.2, -0.15) is 0 Å². The lowest BCUT2D eigenvalue weighted by Crippen LogP contribution is -2.29. The van der Waals surface area contributed by atoms with Crippen LogP contribution in [0.2, 0.25) is 0 Å². The number of anilines is 3. The maximum absolute atomic E-state index is 6.67. The maximum atomic E-state index is 6.67. The standard InChI is InChI=1S/C67H41NOS/c1-2-16-42(17-3-1)43-30-32-44(33-31-43)68(45-34-36-49-51-21-8-13-27-62(51)69-63-28-14-9-22-52(63)56(49)40-45)46-35-38-60-57(41-46)48-19-5-4-18-47(48)50-20-6-11-25-58(50)67(60)59-26-12-7-24-55(59)65-61(67)39-37-54-53-23-10-15-29-64(53)70-66(54)65/h1-41H. The first-order chi connectivity index (χ1) is 34.7. The average Bonchev–Trinajstić information content (AvgIpc) is 3.87. The van der Waals surface area contributed by atoms with Gasteiger partial charge < -0.3 is 9.64 Å². The summed E-state index contributed by atoms with van der Waals surface area (Å²) in [5, 5.41) is 2.64. The second kappa shape index (κ2) is 15.1. The second-order valence-electron chi connectivity index (χ2n) is 18.7. The van der Waals surface area contributed by atoms with Gasteiger partial charge in [-0.3, -0.25) is 0 Å². The zero-order valence-electron chi connectivity index (χ0n) is 37.9. The molecule has 0 amide bonds. The molecule has 0 radical (unpaired) electrons. The Labute approximate surface area is 410 Å². The van der Waals surface area contributed by atoms with Crippen molar-refractivity contribution in [2.45, 2.75) is 5.41 Å². The summed E-state index contributed by atoms with van der Waals surface area (Å²) in [7, 11) is 0. The van der Waals surface area contributed by atoms with Crippen molar-refractivity contribution in [2.75, 3.05) is 4.90 Å². The fraction of sp³-hybridized carbons (Fsp3) is 0.0149. The molecular formula is C67H41NOS. The first kappa shape index (κ1) is 39.3. The van der Waals surface area contributed by atoms with Gasteiger partial charge in [0.05, 0.1) is 5.41 Å². The smallest absolute Gasteiger partial charge is 0.135 e. The normalized spacial score (nSPS) is 14.5. The molecule has 0 saturated heterocycles. The minimum absolute atomic E-state index is 0.608. The van der Waals surface area contributed by atoms with Crippen LogP contribution in [0.25, 0.3) is 86.9 Å². The highest BCUT2D eigenvalue weighted by molar-refractivity contribution is 7.26. The van der Waals surface area contributed by atoms with Crippen LogP contribution in [0.3, 0.4) is 0 Å². The van der Waals surface area contributed by atoms with Crippen LogP contribution in [-0.4, -0.2) is 0 Å². The van der Waals surface area contributed by atoms with Gasteiger partial charge in [0, 0.05) is 53.9 Å². The number of thiophene rings is 1. The van der Waals surface area contributed by atoms with Crippen LogP contribution < -0.4 is 9.64 Å². The Bertz CT molecular complexity index is 4110. The van der Waals surface area contributed by atoms with E-state index in [0.29, 0.717) is 0 Å². The van der Waals surface area contributed by atoms with E-state index in [2.05, 4.69) is 248 Å². The fourth-order valence-electron chi connectivity index (χ4n) is 12.2. The Morgan fingerprint density at radius 2 is 0.814 bits per heavy atom. The molecule has 3 heteroatoms. The molecule has 2 nitrogen and oxygen atoms in total. The first-order valence-electron chi connectivity index (χ1n) is 24.1. The number of nitrogens with zero attached hydrogens (tertiary/aromatic N) is 1. The van der Waals surface area contributed by atoms with Gasteiger partial charge in [0.15, 0.2) is 0 Å². The summed E-state index contributed by atoms with van der Waals surface area (Å²) in [5.74, 6) is 1.71. The highest BCUT2D eigenvalue weighted by Crippen LogP contribution is 2.64. The molecule has 2 aliphatic carbocycles. The Morgan fingerprint density at radius 1 is 0.314 bits per heavy atom. The predicted octanol–water partition coefficient (Wildman–Crippen LogP) is 18.6. The number of hydrogen-bond acceptors (Lipinski definition) is 3. The molecular weight excluding hydrogens is 867 g/mol. The molecule has 1 spiro atoms. The molecule has 12 aromatic rings. The van der Waals surface area contributed by atoms with Crippen molar-refractivity contribution in [1.82, 2.24) is 0 Å². The van der Waals surface area contributed by atoms with Gasteiger partial charge in [0.1, 0.15) is 11.5 Å². The maximum Gasteiger partial charge on any atom is 0.135 e. The molecule has 0 N–H and O–H groups in total. The van der Waals surface area contributed by atoms with Crippen LogP contribution in [0.4, 0.5) is 17.1 Å². The molecule has 11 aromatic carbocycles. The molecule has 0 fully saturated rings. The van der Waals surface area contributed by atoms with Crippen LogP contribution in [0, 0.1) is 0 Å². The molecule has 326 valence electrons. The minimum Gasteiger partial charge on any atom is -0.456 e. The Hall–Kier alpha value is -8.76. The number of rotatable bonds is 4. The zero-order chi connectivity index (χ0) is 45.9. The van der Waals surface area contributed by atoms with E-state index in [9.17, 15) is 0 Å². The fourth-order valence-corrected chi connectivity index (χ4v) is 13.4. The molecule has 1 aromatic heterocycles. The number of hydrogen-bond donors (Lipinski definition) is 0. The van der Waals surface area contributed by atoms with Gasteiger partial charge in [-0.15, -0.1) is 11.3 Å². The van der Waals surface area contributed by atoms with E-state index in [1.165, 1.54) is 86.9 Å². The van der Waals surface area contributed by atoms with Gasteiger partial charge in [-0.25, -0.2) is 0 Å². The van der Waals surface area contributed by atoms with E-state index < -0.39 is 5.41 Å². The molecule has 15 rings (SSSR count). The molecule has 0 bridgehead atoms. The SMILES string of the molecule is c1ccc(-c2ccc(N(c3ccc4c(c3)-c3ccccc3Oc3ccccc3-4)c3ccc4c(c3)-c3ccccc3-c3ccccc3C43c4ccccc4-c4c3ccc3c4sc4ccccc43)cc2)cc1.